The Morgan fingerprint density at radius 2 is 1.41 bits per heavy atom. The third-order valence-electron chi connectivity index (χ3n) is 2.67. The summed E-state index contributed by atoms with van der Waals surface area (Å²) >= 11 is 0. The van der Waals surface area contributed by atoms with Gasteiger partial charge in [-0.15, -0.1) is 0 Å². The smallest absolute Gasteiger partial charge is 0.0187 e. The van der Waals surface area contributed by atoms with Gasteiger partial charge in [-0.1, -0.05) is 78.9 Å². The van der Waals surface area contributed by atoms with Crippen LogP contribution in [0.1, 0.15) is 18.1 Å². The largest absolute Gasteiger partial charge is 0.0798 e. The Balaban J connectivity index is 2.20. The van der Waals surface area contributed by atoms with Crippen LogP contribution in [0.2, 0.25) is 0 Å². The average molecular weight is 220 g/mol. The zero-order valence-corrected chi connectivity index (χ0v) is 10.0. The fraction of sp³-hybridized carbons (Fsp3) is 0.0588. The van der Waals surface area contributed by atoms with Crippen LogP contribution in [0.3, 0.4) is 0 Å². The summed E-state index contributed by atoms with van der Waals surface area (Å²) in [5.41, 5.74) is 3.72. The predicted octanol–water partition coefficient (Wildman–Crippen LogP) is 4.80. The Morgan fingerprint density at radius 1 is 0.824 bits per heavy atom. The zero-order chi connectivity index (χ0) is 11.9. The topological polar surface area (TPSA) is 0 Å². The van der Waals surface area contributed by atoms with E-state index in [1.165, 1.54) is 16.7 Å². The van der Waals surface area contributed by atoms with E-state index in [2.05, 4.69) is 73.7 Å². The van der Waals surface area contributed by atoms with Crippen molar-refractivity contribution in [1.29, 1.82) is 0 Å². The van der Waals surface area contributed by atoms with Gasteiger partial charge in [0, 0.05) is 0 Å². The quantitative estimate of drug-likeness (QED) is 0.651. The maximum Gasteiger partial charge on any atom is -0.0187 e. The lowest BCUT2D eigenvalue weighted by molar-refractivity contribution is 1.59. The van der Waals surface area contributed by atoms with Crippen LogP contribution in [0.4, 0.5) is 0 Å². The van der Waals surface area contributed by atoms with Crippen molar-refractivity contribution >= 4 is 11.6 Å². The lowest BCUT2D eigenvalue weighted by Gasteiger charge is -2.01. The molecule has 0 spiro atoms. The summed E-state index contributed by atoms with van der Waals surface area (Å²) in [5.74, 6) is 0. The van der Waals surface area contributed by atoms with Crippen molar-refractivity contribution in [3.05, 3.63) is 83.9 Å². The Bertz CT molecular complexity index is 504. The number of hydrogen-bond donors (Lipinski definition) is 0. The van der Waals surface area contributed by atoms with Gasteiger partial charge in [0.25, 0.3) is 0 Å². The normalized spacial score (nSPS) is 11.9. The third kappa shape index (κ3) is 3.18. The van der Waals surface area contributed by atoms with E-state index in [1.807, 2.05) is 12.1 Å². The first-order chi connectivity index (χ1) is 8.40. The molecule has 0 unspecified atom stereocenters. The minimum atomic E-state index is 1.22. The lowest BCUT2D eigenvalue weighted by Crippen LogP contribution is -1.79. The third-order valence-corrected chi connectivity index (χ3v) is 2.67. The first-order valence-corrected chi connectivity index (χ1v) is 5.85. The molecule has 84 valence electrons. The van der Waals surface area contributed by atoms with E-state index < -0.39 is 0 Å². The average Bonchev–Trinajstić information content (AvgIpc) is 2.42. The Morgan fingerprint density at radius 3 is 2.00 bits per heavy atom. The van der Waals surface area contributed by atoms with Crippen LogP contribution in [0.5, 0.6) is 0 Å². The van der Waals surface area contributed by atoms with Gasteiger partial charge in [-0.3, -0.25) is 0 Å². The van der Waals surface area contributed by atoms with E-state index in [0.717, 1.165) is 0 Å². The van der Waals surface area contributed by atoms with Gasteiger partial charge in [0.15, 0.2) is 0 Å². The van der Waals surface area contributed by atoms with E-state index in [1.54, 1.807) is 0 Å². The monoisotopic (exact) mass is 220 g/mol. The molecule has 0 radical (unpaired) electrons. The maximum atomic E-state index is 2.16. The van der Waals surface area contributed by atoms with Crippen LogP contribution in [-0.2, 0) is 0 Å². The molecule has 0 aromatic heterocycles. The summed E-state index contributed by atoms with van der Waals surface area (Å²) < 4.78 is 0. The van der Waals surface area contributed by atoms with Crippen molar-refractivity contribution in [1.82, 2.24) is 0 Å². The molecule has 0 aliphatic heterocycles. The molecule has 0 bridgehead atoms. The second-order valence-corrected chi connectivity index (χ2v) is 3.85. The summed E-state index contributed by atoms with van der Waals surface area (Å²) in [6.07, 6.45) is 6.43. The molecule has 0 N–H and O–H groups in total. The van der Waals surface area contributed by atoms with Crippen molar-refractivity contribution in [2.75, 3.05) is 0 Å². The molecule has 2 aromatic rings. The lowest BCUT2D eigenvalue weighted by atomic mass is 10.0. The zero-order valence-electron chi connectivity index (χ0n) is 10.0. The second-order valence-electron chi connectivity index (χ2n) is 3.85. The molecular formula is C17H16. The van der Waals surface area contributed by atoms with Crippen LogP contribution in [0.15, 0.2) is 72.8 Å². The molecule has 0 heterocycles. The molecule has 0 amide bonds. The number of rotatable bonds is 3. The van der Waals surface area contributed by atoms with Crippen molar-refractivity contribution in [3.63, 3.8) is 0 Å². The van der Waals surface area contributed by atoms with Crippen LogP contribution in [0, 0.1) is 0 Å². The first-order valence-electron chi connectivity index (χ1n) is 5.85. The highest BCUT2D eigenvalue weighted by Crippen LogP contribution is 2.16. The molecule has 0 fully saturated rings. The summed E-state index contributed by atoms with van der Waals surface area (Å²) in [6, 6.07) is 20.8. The maximum absolute atomic E-state index is 2.16. The standard InChI is InChI=1S/C17H16/c1-2-16(17-11-7-4-8-12-17)14-13-15-9-5-3-6-10-15/h2-14H,1H3. The number of benzene rings is 2. The van der Waals surface area contributed by atoms with E-state index in [-0.39, 0.29) is 0 Å². The molecule has 2 rings (SSSR count). The van der Waals surface area contributed by atoms with Gasteiger partial charge in [0.2, 0.25) is 0 Å². The Labute approximate surface area is 103 Å². The van der Waals surface area contributed by atoms with Gasteiger partial charge in [0.05, 0.1) is 0 Å². The van der Waals surface area contributed by atoms with E-state index in [0.29, 0.717) is 0 Å². The summed E-state index contributed by atoms with van der Waals surface area (Å²) in [5, 5.41) is 0. The van der Waals surface area contributed by atoms with Crippen molar-refractivity contribution in [2.45, 2.75) is 6.92 Å². The molecule has 0 saturated carbocycles. The van der Waals surface area contributed by atoms with E-state index in [4.69, 9.17) is 0 Å². The molecular weight excluding hydrogens is 204 g/mol. The van der Waals surface area contributed by atoms with Crippen LogP contribution < -0.4 is 0 Å². The Hall–Kier alpha value is -2.08. The molecule has 0 saturated heterocycles. The van der Waals surface area contributed by atoms with Gasteiger partial charge >= 0.3 is 0 Å². The highest BCUT2D eigenvalue weighted by Gasteiger charge is 1.94. The van der Waals surface area contributed by atoms with Gasteiger partial charge in [-0.2, -0.15) is 0 Å². The van der Waals surface area contributed by atoms with Crippen molar-refractivity contribution in [3.8, 4) is 0 Å². The van der Waals surface area contributed by atoms with E-state index >= 15 is 0 Å². The van der Waals surface area contributed by atoms with Crippen molar-refractivity contribution in [2.24, 2.45) is 0 Å². The van der Waals surface area contributed by atoms with Crippen LogP contribution >= 0.6 is 0 Å². The Kier molecular flexibility index (Phi) is 3.93. The molecule has 0 aliphatic rings. The molecule has 0 atom stereocenters. The predicted molar refractivity (Wildman–Crippen MR) is 75.6 cm³/mol. The highest BCUT2D eigenvalue weighted by molar-refractivity contribution is 5.78. The fourth-order valence-corrected chi connectivity index (χ4v) is 1.74. The van der Waals surface area contributed by atoms with Gasteiger partial charge < -0.3 is 0 Å². The minimum absolute atomic E-state index is 1.22. The van der Waals surface area contributed by atoms with Crippen LogP contribution in [0.25, 0.3) is 11.6 Å². The number of hydrogen-bond acceptors (Lipinski definition) is 0. The number of allylic oxidation sites excluding steroid dienone is 3. The molecule has 0 heteroatoms. The van der Waals surface area contributed by atoms with Crippen LogP contribution in [-0.4, -0.2) is 0 Å². The van der Waals surface area contributed by atoms with Crippen molar-refractivity contribution < 1.29 is 0 Å². The SMILES string of the molecule is CC=C(C=Cc1ccccc1)c1ccccc1. The van der Waals surface area contributed by atoms with Gasteiger partial charge in [-0.05, 0) is 23.6 Å². The molecule has 2 aromatic carbocycles. The highest BCUT2D eigenvalue weighted by atomic mass is 14.0. The molecule has 0 nitrogen and oxygen atoms in total. The summed E-state index contributed by atoms with van der Waals surface area (Å²) in [7, 11) is 0. The summed E-state index contributed by atoms with van der Waals surface area (Å²) in [6.45, 7) is 2.07. The molecule has 0 aliphatic carbocycles. The van der Waals surface area contributed by atoms with Gasteiger partial charge in [0.1, 0.15) is 0 Å². The van der Waals surface area contributed by atoms with Gasteiger partial charge in [-0.25, -0.2) is 0 Å². The fourth-order valence-electron chi connectivity index (χ4n) is 1.74. The van der Waals surface area contributed by atoms with E-state index in [9.17, 15) is 0 Å². The minimum Gasteiger partial charge on any atom is -0.0798 e. The second kappa shape index (κ2) is 5.86. The summed E-state index contributed by atoms with van der Waals surface area (Å²) in [4.78, 5) is 0. The first kappa shape index (κ1) is 11.4. The molecule has 17 heavy (non-hydrogen) atoms.